The maximum absolute atomic E-state index is 13.2. The second kappa shape index (κ2) is 22.9. The van der Waals surface area contributed by atoms with Crippen LogP contribution in [0, 0.1) is 0 Å². The van der Waals surface area contributed by atoms with Crippen LogP contribution >= 0.6 is 7.26 Å². The Bertz CT molecular complexity index is 470. The molecule has 0 aromatic heterocycles. The Morgan fingerprint density at radius 2 is 0.686 bits per heavy atom. The molecule has 0 aromatic rings. The van der Waals surface area contributed by atoms with Crippen molar-refractivity contribution in [2.75, 3.05) is 12.3 Å². The van der Waals surface area contributed by atoms with Gasteiger partial charge >= 0.3 is 0 Å². The number of rotatable bonds is 26. The average molecular weight is 510 g/mol. The minimum Gasteiger partial charge on any atom is -0.253 e. The summed E-state index contributed by atoms with van der Waals surface area (Å²) in [5, 5.41) is 0. The van der Waals surface area contributed by atoms with Crippen molar-refractivity contribution in [3.05, 3.63) is 0 Å². The van der Waals surface area contributed by atoms with Gasteiger partial charge in [-0.1, -0.05) is 142 Å². The van der Waals surface area contributed by atoms with E-state index in [1.165, 1.54) is 128 Å². The molecule has 0 atom stereocenters. The predicted molar refractivity (Wildman–Crippen MR) is 158 cm³/mol. The molecule has 0 saturated carbocycles. The maximum atomic E-state index is 13.2. The molecule has 0 spiro atoms. The van der Waals surface area contributed by atoms with Crippen molar-refractivity contribution in [2.45, 2.75) is 181 Å². The summed E-state index contributed by atoms with van der Waals surface area (Å²) in [6.07, 6.45) is 34.4. The van der Waals surface area contributed by atoms with Crippen molar-refractivity contribution in [2.24, 2.45) is 0 Å². The molecule has 0 N–H and O–H groups in total. The molecular weight excluding hydrogens is 447 g/mol. The lowest BCUT2D eigenvalue weighted by molar-refractivity contribution is -0.114. The average Bonchev–Trinajstić information content (AvgIpc) is 3.37. The number of carbonyl (C=O) groups is 2. The Hall–Kier alpha value is -0.230. The highest BCUT2D eigenvalue weighted by atomic mass is 31.2. The van der Waals surface area contributed by atoms with Gasteiger partial charge < -0.3 is 0 Å². The minimum absolute atomic E-state index is 0.402. The lowest BCUT2D eigenvalue weighted by Gasteiger charge is -2.18. The van der Waals surface area contributed by atoms with Gasteiger partial charge in [-0.15, -0.1) is 0 Å². The molecule has 2 nitrogen and oxygen atoms in total. The van der Waals surface area contributed by atoms with Crippen LogP contribution in [0.5, 0.6) is 0 Å². The van der Waals surface area contributed by atoms with E-state index < -0.39 is 7.26 Å². The normalized spacial score (nSPS) is 15.0. The van der Waals surface area contributed by atoms with E-state index in [0.29, 0.717) is 23.9 Å². The Labute approximate surface area is 220 Å². The second-order valence-corrected chi connectivity index (χ2v) is 15.3. The fourth-order valence-electron chi connectivity index (χ4n) is 5.82. The first-order valence-electron chi connectivity index (χ1n) is 16.1. The fourth-order valence-corrected chi connectivity index (χ4v) is 10.0. The summed E-state index contributed by atoms with van der Waals surface area (Å²) < 4.78 is 0. The van der Waals surface area contributed by atoms with Crippen LogP contribution in [0.1, 0.15) is 181 Å². The molecule has 1 fully saturated rings. The Kier molecular flexibility index (Phi) is 21.5. The number of carbonyl (C=O) groups excluding carboxylic acids is 2. The van der Waals surface area contributed by atoms with Crippen LogP contribution in [-0.2, 0) is 9.59 Å². The van der Waals surface area contributed by atoms with Crippen molar-refractivity contribution in [1.29, 1.82) is 0 Å². The zero-order valence-corrected chi connectivity index (χ0v) is 25.0. The van der Waals surface area contributed by atoms with Gasteiger partial charge in [0.2, 0.25) is 0 Å². The van der Waals surface area contributed by atoms with E-state index in [4.69, 9.17) is 0 Å². The first kappa shape index (κ1) is 32.8. The van der Waals surface area contributed by atoms with Crippen LogP contribution < -0.4 is 0 Å². The van der Waals surface area contributed by atoms with Crippen LogP contribution in [0.15, 0.2) is 0 Å². The summed E-state index contributed by atoms with van der Waals surface area (Å²) >= 11 is 0. The number of unbranched alkanes of at least 4 members (excludes halogenated alkanes) is 20. The van der Waals surface area contributed by atoms with Crippen molar-refractivity contribution in [3.63, 3.8) is 0 Å². The first-order valence-corrected chi connectivity index (χ1v) is 18.3. The summed E-state index contributed by atoms with van der Waals surface area (Å²) in [6.45, 7) is 4.55. The van der Waals surface area contributed by atoms with Gasteiger partial charge in [-0.25, -0.2) is 0 Å². The molecule has 1 aliphatic heterocycles. The van der Waals surface area contributed by atoms with Crippen LogP contribution in [0.2, 0.25) is 0 Å². The van der Waals surface area contributed by atoms with Crippen LogP contribution in [0.4, 0.5) is 0 Å². The topological polar surface area (TPSA) is 34.1 Å². The highest BCUT2D eigenvalue weighted by molar-refractivity contribution is 8.04. The zero-order valence-electron chi connectivity index (χ0n) is 24.1. The quantitative estimate of drug-likeness (QED) is 0.0858. The van der Waals surface area contributed by atoms with Crippen LogP contribution in [0.3, 0.4) is 0 Å². The molecule has 0 radical (unpaired) electrons. The van der Waals surface area contributed by atoms with Gasteiger partial charge in [0.05, 0.1) is 12.3 Å². The predicted octanol–water partition coefficient (Wildman–Crippen LogP) is 11.3. The maximum Gasteiger partial charge on any atom is 0.276 e. The van der Waals surface area contributed by atoms with E-state index in [9.17, 15) is 9.59 Å². The van der Waals surface area contributed by atoms with Crippen molar-refractivity contribution in [3.8, 4) is 0 Å². The Balaban J connectivity index is 2.10. The highest BCUT2D eigenvalue weighted by Crippen LogP contribution is 2.66. The molecule has 1 heterocycles. The first-order chi connectivity index (χ1) is 17.2. The van der Waals surface area contributed by atoms with Crippen molar-refractivity contribution >= 4 is 18.3 Å². The lowest BCUT2D eigenvalue weighted by atomic mass is 10.1. The van der Waals surface area contributed by atoms with E-state index >= 15 is 0 Å². The largest absolute Gasteiger partial charge is 0.276 e. The third-order valence-electron chi connectivity index (χ3n) is 8.27. The van der Waals surface area contributed by atoms with E-state index in [2.05, 4.69) is 13.8 Å². The molecule has 35 heavy (non-hydrogen) atoms. The van der Waals surface area contributed by atoms with E-state index in [0.717, 1.165) is 38.0 Å². The standard InChI is InChI=1S/C32H62O2P/c1-3-5-7-9-11-13-15-17-19-21-23-27-31(33)35(29-25-26-30-35)32(34)28-24-22-20-18-16-14-12-10-8-6-4-2/h3-30H2,1-2H3/q+1. The highest BCUT2D eigenvalue weighted by Gasteiger charge is 2.54. The Morgan fingerprint density at radius 1 is 0.429 bits per heavy atom. The van der Waals surface area contributed by atoms with E-state index in [-0.39, 0.29) is 0 Å². The molecule has 0 aliphatic carbocycles. The van der Waals surface area contributed by atoms with E-state index in [1.54, 1.807) is 0 Å². The number of hydrogen-bond acceptors (Lipinski definition) is 2. The van der Waals surface area contributed by atoms with Gasteiger partial charge in [0.1, 0.15) is 0 Å². The third kappa shape index (κ3) is 15.6. The summed E-state index contributed by atoms with van der Waals surface area (Å²) in [6, 6.07) is 0. The summed E-state index contributed by atoms with van der Waals surface area (Å²) in [4.78, 5) is 26.4. The minimum atomic E-state index is -1.97. The van der Waals surface area contributed by atoms with Crippen molar-refractivity contribution < 1.29 is 9.59 Å². The van der Waals surface area contributed by atoms with Gasteiger partial charge in [-0.05, 0) is 25.7 Å². The molecule has 1 saturated heterocycles. The second-order valence-electron chi connectivity index (χ2n) is 11.5. The smallest absolute Gasteiger partial charge is 0.253 e. The summed E-state index contributed by atoms with van der Waals surface area (Å²) in [5.41, 5.74) is 0.804. The van der Waals surface area contributed by atoms with Crippen LogP contribution in [-0.4, -0.2) is 23.4 Å². The molecule has 3 heteroatoms. The van der Waals surface area contributed by atoms with Crippen LogP contribution in [0.25, 0.3) is 0 Å². The van der Waals surface area contributed by atoms with Gasteiger partial charge in [0.15, 0.2) is 7.26 Å². The van der Waals surface area contributed by atoms with Gasteiger partial charge in [0, 0.05) is 12.8 Å². The lowest BCUT2D eigenvalue weighted by Crippen LogP contribution is -2.18. The zero-order chi connectivity index (χ0) is 25.5. The molecule has 0 unspecified atom stereocenters. The van der Waals surface area contributed by atoms with Gasteiger partial charge in [0.25, 0.3) is 11.0 Å². The molecule has 0 bridgehead atoms. The van der Waals surface area contributed by atoms with Gasteiger partial charge in [-0.3, -0.25) is 9.59 Å². The van der Waals surface area contributed by atoms with Gasteiger partial charge in [-0.2, -0.15) is 0 Å². The monoisotopic (exact) mass is 509 g/mol. The SMILES string of the molecule is CCCCCCCCCCCCCC(=O)[P+]1(C(=O)CCCCCCCCCCCCC)CCCC1. The summed E-state index contributed by atoms with van der Waals surface area (Å²) in [7, 11) is -1.97. The molecule has 1 aliphatic rings. The fraction of sp³-hybridized carbons (Fsp3) is 0.938. The molecule has 0 aromatic carbocycles. The van der Waals surface area contributed by atoms with E-state index in [1.807, 2.05) is 0 Å². The molecule has 0 amide bonds. The Morgan fingerprint density at radius 3 is 0.971 bits per heavy atom. The molecule has 206 valence electrons. The number of hydrogen-bond donors (Lipinski definition) is 0. The van der Waals surface area contributed by atoms with Crippen molar-refractivity contribution in [1.82, 2.24) is 0 Å². The molecule has 1 rings (SSSR count). The summed E-state index contributed by atoms with van der Waals surface area (Å²) in [5.74, 6) is 0. The third-order valence-corrected chi connectivity index (χ3v) is 12.8. The molecular formula is C32H62O2P+.